The maximum atomic E-state index is 9.39. The van der Waals surface area contributed by atoms with E-state index in [9.17, 15) is 5.11 Å². The van der Waals surface area contributed by atoms with Gasteiger partial charge in [-0.1, -0.05) is 37.3 Å². The molecule has 0 unspecified atom stereocenters. The van der Waals surface area contributed by atoms with Gasteiger partial charge in [0.25, 0.3) is 0 Å². The van der Waals surface area contributed by atoms with Crippen LogP contribution in [0, 0.1) is 0 Å². The van der Waals surface area contributed by atoms with E-state index >= 15 is 0 Å². The van der Waals surface area contributed by atoms with Gasteiger partial charge in [0.2, 0.25) is 0 Å². The van der Waals surface area contributed by atoms with Gasteiger partial charge in [-0.3, -0.25) is 0 Å². The van der Waals surface area contributed by atoms with Crippen LogP contribution >= 0.6 is 0 Å². The molecule has 1 aliphatic heterocycles. The molecule has 20 heavy (non-hydrogen) atoms. The lowest BCUT2D eigenvalue weighted by Gasteiger charge is -2.15. The van der Waals surface area contributed by atoms with Gasteiger partial charge in [-0.25, -0.2) is 0 Å². The monoisotopic (exact) mass is 266 g/mol. The molecule has 2 atom stereocenters. The SMILES string of the molecule is CC=Cc1ccc2c(c1)[C@@H](C)[C@H](c1ccc(O)cc1)O2. The Labute approximate surface area is 119 Å². The molecule has 2 nitrogen and oxygen atoms in total. The molecular weight excluding hydrogens is 248 g/mol. The van der Waals surface area contributed by atoms with E-state index in [2.05, 4.69) is 25.1 Å². The van der Waals surface area contributed by atoms with Crippen molar-refractivity contribution in [1.29, 1.82) is 0 Å². The molecule has 3 rings (SSSR count). The minimum atomic E-state index is 0.0199. The van der Waals surface area contributed by atoms with Crippen LogP contribution in [0.3, 0.4) is 0 Å². The highest BCUT2D eigenvalue weighted by Gasteiger charge is 2.32. The maximum absolute atomic E-state index is 9.39. The quantitative estimate of drug-likeness (QED) is 0.856. The van der Waals surface area contributed by atoms with Gasteiger partial charge < -0.3 is 9.84 Å². The van der Waals surface area contributed by atoms with Crippen molar-refractivity contribution in [2.75, 3.05) is 0 Å². The topological polar surface area (TPSA) is 29.5 Å². The minimum absolute atomic E-state index is 0.0199. The van der Waals surface area contributed by atoms with Gasteiger partial charge in [0.05, 0.1) is 0 Å². The number of phenolic OH excluding ortho intramolecular Hbond substituents is 1. The predicted molar refractivity (Wildman–Crippen MR) is 81.0 cm³/mol. The Hall–Kier alpha value is -2.22. The van der Waals surface area contributed by atoms with E-state index < -0.39 is 0 Å². The van der Waals surface area contributed by atoms with Gasteiger partial charge in [-0.2, -0.15) is 0 Å². The van der Waals surface area contributed by atoms with Crippen molar-refractivity contribution in [3.8, 4) is 11.5 Å². The highest BCUT2D eigenvalue weighted by molar-refractivity contribution is 5.55. The largest absolute Gasteiger partial charge is 0.508 e. The van der Waals surface area contributed by atoms with Crippen LogP contribution < -0.4 is 4.74 Å². The molecule has 1 N–H and O–H groups in total. The second-order valence-corrected chi connectivity index (χ2v) is 5.22. The summed E-state index contributed by atoms with van der Waals surface area (Å²) in [6, 6.07) is 13.6. The third-order valence-corrected chi connectivity index (χ3v) is 3.81. The van der Waals surface area contributed by atoms with Crippen LogP contribution in [0.25, 0.3) is 6.08 Å². The van der Waals surface area contributed by atoms with E-state index in [1.54, 1.807) is 12.1 Å². The minimum Gasteiger partial charge on any atom is -0.508 e. The number of rotatable bonds is 2. The van der Waals surface area contributed by atoms with Gasteiger partial charge in [0.15, 0.2) is 0 Å². The Balaban J connectivity index is 1.94. The first kappa shape index (κ1) is 12.8. The third-order valence-electron chi connectivity index (χ3n) is 3.81. The van der Waals surface area contributed by atoms with E-state index in [0.717, 1.165) is 11.3 Å². The molecule has 2 aromatic carbocycles. The summed E-state index contributed by atoms with van der Waals surface area (Å²) in [5, 5.41) is 9.39. The average Bonchev–Trinajstić information content (AvgIpc) is 2.78. The Morgan fingerprint density at radius 1 is 1.10 bits per heavy atom. The van der Waals surface area contributed by atoms with E-state index in [0.29, 0.717) is 5.92 Å². The third kappa shape index (κ3) is 2.18. The molecule has 0 aromatic heterocycles. The van der Waals surface area contributed by atoms with Crippen molar-refractivity contribution in [1.82, 2.24) is 0 Å². The standard InChI is InChI=1S/C18H18O2/c1-3-4-13-5-10-17-16(11-13)12(2)18(20-17)14-6-8-15(19)9-7-14/h3-12,18-19H,1-2H3/t12-,18-/m1/s1. The smallest absolute Gasteiger partial charge is 0.130 e. The Morgan fingerprint density at radius 3 is 2.55 bits per heavy atom. The van der Waals surface area contributed by atoms with Crippen molar-refractivity contribution < 1.29 is 9.84 Å². The number of hydrogen-bond donors (Lipinski definition) is 1. The normalized spacial score (nSPS) is 20.9. The Bertz CT molecular complexity index is 641. The summed E-state index contributed by atoms with van der Waals surface area (Å²) in [5.74, 6) is 1.55. The van der Waals surface area contributed by atoms with Gasteiger partial charge in [0.1, 0.15) is 17.6 Å². The molecule has 0 amide bonds. The number of allylic oxidation sites excluding steroid dienone is 1. The zero-order valence-electron chi connectivity index (χ0n) is 11.7. The fourth-order valence-corrected chi connectivity index (χ4v) is 2.75. The van der Waals surface area contributed by atoms with E-state index in [1.165, 1.54) is 11.1 Å². The highest BCUT2D eigenvalue weighted by atomic mass is 16.5. The summed E-state index contributed by atoms with van der Waals surface area (Å²) < 4.78 is 6.07. The first-order chi connectivity index (χ1) is 9.69. The summed E-state index contributed by atoms with van der Waals surface area (Å²) >= 11 is 0. The van der Waals surface area contributed by atoms with Crippen LogP contribution in [-0.4, -0.2) is 5.11 Å². The fourth-order valence-electron chi connectivity index (χ4n) is 2.75. The van der Waals surface area contributed by atoms with Crippen molar-refractivity contribution in [2.24, 2.45) is 0 Å². The average molecular weight is 266 g/mol. The van der Waals surface area contributed by atoms with Crippen molar-refractivity contribution in [3.05, 3.63) is 65.2 Å². The fraction of sp³-hybridized carbons (Fsp3) is 0.222. The molecule has 0 saturated heterocycles. The molecular formula is C18H18O2. The van der Waals surface area contributed by atoms with E-state index in [-0.39, 0.29) is 11.9 Å². The molecule has 2 aromatic rings. The second-order valence-electron chi connectivity index (χ2n) is 5.22. The van der Waals surface area contributed by atoms with E-state index in [4.69, 9.17) is 4.74 Å². The summed E-state index contributed by atoms with van der Waals surface area (Å²) in [4.78, 5) is 0. The van der Waals surface area contributed by atoms with Crippen LogP contribution in [-0.2, 0) is 0 Å². The van der Waals surface area contributed by atoms with Crippen LogP contribution in [0.2, 0.25) is 0 Å². The van der Waals surface area contributed by atoms with Crippen molar-refractivity contribution in [2.45, 2.75) is 25.9 Å². The molecule has 2 heteroatoms. The number of hydrogen-bond acceptors (Lipinski definition) is 2. The first-order valence-electron chi connectivity index (χ1n) is 6.91. The molecule has 0 fully saturated rings. The lowest BCUT2D eigenvalue weighted by molar-refractivity contribution is 0.216. The number of fused-ring (bicyclic) bond motifs is 1. The second kappa shape index (κ2) is 5.04. The molecule has 0 aliphatic carbocycles. The summed E-state index contributed by atoms with van der Waals surface area (Å²) in [6.45, 7) is 4.20. The van der Waals surface area contributed by atoms with Crippen molar-refractivity contribution >= 4 is 6.08 Å². The molecule has 102 valence electrons. The van der Waals surface area contributed by atoms with Gasteiger partial charge >= 0.3 is 0 Å². The Morgan fingerprint density at radius 2 is 1.85 bits per heavy atom. The van der Waals surface area contributed by atoms with Crippen LogP contribution in [0.5, 0.6) is 11.5 Å². The zero-order valence-corrected chi connectivity index (χ0v) is 11.7. The number of benzene rings is 2. The van der Waals surface area contributed by atoms with E-state index in [1.807, 2.05) is 31.2 Å². The molecule has 1 heterocycles. The highest BCUT2D eigenvalue weighted by Crippen LogP contribution is 2.46. The number of aromatic hydroxyl groups is 1. The molecule has 0 spiro atoms. The summed E-state index contributed by atoms with van der Waals surface area (Å²) in [6.07, 6.45) is 4.16. The van der Waals surface area contributed by atoms with Crippen LogP contribution in [0.4, 0.5) is 0 Å². The van der Waals surface area contributed by atoms with Gasteiger partial charge in [0, 0.05) is 11.5 Å². The molecule has 0 radical (unpaired) electrons. The number of ether oxygens (including phenoxy) is 1. The van der Waals surface area contributed by atoms with Crippen LogP contribution in [0.15, 0.2) is 48.5 Å². The lowest BCUT2D eigenvalue weighted by Crippen LogP contribution is -2.06. The van der Waals surface area contributed by atoms with Gasteiger partial charge in [-0.15, -0.1) is 0 Å². The maximum Gasteiger partial charge on any atom is 0.130 e. The molecule has 1 aliphatic rings. The molecule has 0 bridgehead atoms. The Kier molecular flexibility index (Phi) is 3.23. The zero-order chi connectivity index (χ0) is 14.1. The summed E-state index contributed by atoms with van der Waals surface area (Å²) in [7, 11) is 0. The number of phenols is 1. The predicted octanol–water partition coefficient (Wildman–Crippen LogP) is 4.66. The lowest BCUT2D eigenvalue weighted by atomic mass is 9.92. The molecule has 0 saturated carbocycles. The van der Waals surface area contributed by atoms with Crippen molar-refractivity contribution in [3.63, 3.8) is 0 Å². The van der Waals surface area contributed by atoms with Gasteiger partial charge in [-0.05, 0) is 42.3 Å². The first-order valence-corrected chi connectivity index (χ1v) is 6.91. The van der Waals surface area contributed by atoms with Crippen LogP contribution in [0.1, 0.15) is 42.6 Å². The summed E-state index contributed by atoms with van der Waals surface area (Å²) in [5.41, 5.74) is 3.55.